The molecule has 0 fully saturated rings. The van der Waals surface area contributed by atoms with Crippen LogP contribution in [0.3, 0.4) is 0 Å². The molecule has 0 bridgehead atoms. The highest BCUT2D eigenvalue weighted by Crippen LogP contribution is 2.13. The van der Waals surface area contributed by atoms with Crippen LogP contribution in [0.2, 0.25) is 0 Å². The fourth-order valence-corrected chi connectivity index (χ4v) is 3.18. The van der Waals surface area contributed by atoms with Crippen LogP contribution in [0.15, 0.2) is 29.2 Å². The average Bonchev–Trinajstić information content (AvgIpc) is 2.37. The van der Waals surface area contributed by atoms with Crippen molar-refractivity contribution in [3.8, 4) is 0 Å². The maximum absolute atomic E-state index is 12.2. The Balaban J connectivity index is 2.73. The van der Waals surface area contributed by atoms with Crippen LogP contribution in [0.25, 0.3) is 0 Å². The molecule has 0 saturated carbocycles. The first-order valence-electron chi connectivity index (χ1n) is 6.46. The molecule has 0 spiro atoms. The van der Waals surface area contributed by atoms with Crippen LogP contribution >= 0.6 is 0 Å². The number of nitrogens with one attached hydrogen (secondary N) is 1. The molecule has 6 nitrogen and oxygen atoms in total. The second-order valence-corrected chi connectivity index (χ2v) is 7.10. The number of benzene rings is 1. The van der Waals surface area contributed by atoms with Gasteiger partial charge in [-0.1, -0.05) is 17.7 Å². The Hall–Kier alpha value is -1.89. The number of carbonyl (C=O) groups is 2. The highest BCUT2D eigenvalue weighted by atomic mass is 32.2. The minimum atomic E-state index is -3.53. The van der Waals surface area contributed by atoms with E-state index in [0.29, 0.717) is 0 Å². The van der Waals surface area contributed by atoms with Gasteiger partial charge in [-0.15, -0.1) is 0 Å². The minimum absolute atomic E-state index is 0.181. The van der Waals surface area contributed by atoms with E-state index in [1.807, 2.05) is 6.92 Å². The van der Waals surface area contributed by atoms with E-state index in [9.17, 15) is 18.0 Å². The Kier molecular flexibility index (Phi) is 5.48. The molecule has 2 unspecified atom stereocenters. The van der Waals surface area contributed by atoms with Gasteiger partial charge in [-0.05, 0) is 32.9 Å². The van der Waals surface area contributed by atoms with Gasteiger partial charge in [0.05, 0.1) is 10.6 Å². The molecule has 0 aliphatic heterocycles. The second-order valence-electron chi connectivity index (χ2n) is 5.06. The number of hydrogen-bond acceptors (Lipinski definition) is 4. The lowest BCUT2D eigenvalue weighted by atomic mass is 10.1. The monoisotopic (exact) mass is 313 g/mol. The molecule has 1 rings (SSSR count). The van der Waals surface area contributed by atoms with Crippen molar-refractivity contribution in [1.82, 2.24) is 5.32 Å². The third-order valence-corrected chi connectivity index (χ3v) is 4.93. The van der Waals surface area contributed by atoms with E-state index < -0.39 is 33.7 Å². The van der Waals surface area contributed by atoms with Gasteiger partial charge < -0.3 is 10.4 Å². The summed E-state index contributed by atoms with van der Waals surface area (Å²) in [6, 6.07) is 5.74. The summed E-state index contributed by atoms with van der Waals surface area (Å²) >= 11 is 0. The third kappa shape index (κ3) is 4.86. The highest BCUT2D eigenvalue weighted by Gasteiger charge is 2.24. The first-order chi connectivity index (χ1) is 9.63. The molecular weight excluding hydrogens is 294 g/mol. The predicted octanol–water partition coefficient (Wildman–Crippen LogP) is 0.994. The van der Waals surface area contributed by atoms with E-state index in [1.165, 1.54) is 26.0 Å². The largest absolute Gasteiger partial charge is 0.481 e. The normalized spacial score (nSPS) is 14.2. The number of aliphatic carboxylic acids is 1. The zero-order valence-corrected chi connectivity index (χ0v) is 13.0. The molecule has 0 aliphatic carbocycles. The molecule has 2 N–H and O–H groups in total. The van der Waals surface area contributed by atoms with Crippen molar-refractivity contribution in [3.05, 3.63) is 29.8 Å². The van der Waals surface area contributed by atoms with Crippen LogP contribution < -0.4 is 5.32 Å². The molecule has 0 radical (unpaired) electrons. The molecule has 2 atom stereocenters. The first-order valence-corrected chi connectivity index (χ1v) is 8.11. The molecule has 7 heteroatoms. The molecule has 116 valence electrons. The van der Waals surface area contributed by atoms with Crippen LogP contribution in [0, 0.1) is 12.8 Å². The van der Waals surface area contributed by atoms with Crippen LogP contribution in [-0.2, 0) is 19.4 Å². The molecule has 0 saturated heterocycles. The van der Waals surface area contributed by atoms with E-state index in [4.69, 9.17) is 5.11 Å². The predicted molar refractivity (Wildman–Crippen MR) is 77.6 cm³/mol. The number of carboxylic acid groups (broad SMARTS) is 1. The first kappa shape index (κ1) is 17.2. The van der Waals surface area contributed by atoms with Crippen LogP contribution in [0.4, 0.5) is 0 Å². The standard InChI is InChI=1S/C14H19NO5S/c1-9-4-6-12(7-5-9)21(19,20)8-10(2)15-13(16)11(3)14(17)18/h4-7,10-11H,8H2,1-3H3,(H,15,16)(H,17,18). The summed E-state index contributed by atoms with van der Waals surface area (Å²) in [5.74, 6) is -3.45. The van der Waals surface area contributed by atoms with Gasteiger partial charge in [0.2, 0.25) is 5.91 Å². The fraction of sp³-hybridized carbons (Fsp3) is 0.429. The number of rotatable bonds is 6. The zero-order chi connectivity index (χ0) is 16.2. The van der Waals surface area contributed by atoms with Crippen molar-refractivity contribution < 1.29 is 23.1 Å². The molecule has 1 aromatic rings. The van der Waals surface area contributed by atoms with E-state index in [0.717, 1.165) is 5.56 Å². The number of aryl methyl sites for hydroxylation is 1. The zero-order valence-electron chi connectivity index (χ0n) is 12.2. The number of amides is 1. The van der Waals surface area contributed by atoms with Gasteiger partial charge in [-0.3, -0.25) is 9.59 Å². The van der Waals surface area contributed by atoms with Crippen molar-refractivity contribution in [3.63, 3.8) is 0 Å². The lowest BCUT2D eigenvalue weighted by Gasteiger charge is -2.16. The number of sulfone groups is 1. The summed E-state index contributed by atoms with van der Waals surface area (Å²) in [4.78, 5) is 22.4. The number of carboxylic acids is 1. The number of hydrogen-bond donors (Lipinski definition) is 2. The van der Waals surface area contributed by atoms with Gasteiger partial charge >= 0.3 is 5.97 Å². The topological polar surface area (TPSA) is 101 Å². The van der Waals surface area contributed by atoms with Crippen molar-refractivity contribution in [2.24, 2.45) is 5.92 Å². The third-order valence-electron chi connectivity index (χ3n) is 3.00. The van der Waals surface area contributed by atoms with Crippen LogP contribution in [0.1, 0.15) is 19.4 Å². The Labute approximate surface area is 124 Å². The minimum Gasteiger partial charge on any atom is -0.481 e. The Bertz CT molecular complexity index is 621. The summed E-state index contributed by atoms with van der Waals surface area (Å²) < 4.78 is 24.3. The summed E-state index contributed by atoms with van der Waals surface area (Å²) in [5.41, 5.74) is 0.950. The summed E-state index contributed by atoms with van der Waals surface area (Å²) in [6.45, 7) is 4.63. The van der Waals surface area contributed by atoms with Gasteiger partial charge in [0, 0.05) is 6.04 Å². The molecular formula is C14H19NO5S. The smallest absolute Gasteiger partial charge is 0.315 e. The number of carbonyl (C=O) groups excluding carboxylic acids is 1. The molecule has 0 aliphatic rings. The average molecular weight is 313 g/mol. The van der Waals surface area contributed by atoms with Crippen LogP contribution in [-0.4, -0.2) is 37.2 Å². The van der Waals surface area contributed by atoms with E-state index in [1.54, 1.807) is 12.1 Å². The van der Waals surface area contributed by atoms with Gasteiger partial charge in [-0.2, -0.15) is 0 Å². The Morgan fingerprint density at radius 2 is 1.71 bits per heavy atom. The molecule has 1 amide bonds. The maximum atomic E-state index is 12.2. The Morgan fingerprint density at radius 3 is 2.19 bits per heavy atom. The molecule has 21 heavy (non-hydrogen) atoms. The fourth-order valence-electron chi connectivity index (χ4n) is 1.69. The summed E-state index contributed by atoms with van der Waals surface area (Å²) in [5, 5.41) is 11.1. The van der Waals surface area contributed by atoms with Crippen LogP contribution in [0.5, 0.6) is 0 Å². The Morgan fingerprint density at radius 1 is 1.19 bits per heavy atom. The van der Waals surface area contributed by atoms with Crippen molar-refractivity contribution in [2.75, 3.05) is 5.75 Å². The van der Waals surface area contributed by atoms with Crippen molar-refractivity contribution in [2.45, 2.75) is 31.7 Å². The van der Waals surface area contributed by atoms with Crippen molar-refractivity contribution >= 4 is 21.7 Å². The van der Waals surface area contributed by atoms with Gasteiger partial charge in [0.1, 0.15) is 5.92 Å². The van der Waals surface area contributed by atoms with Gasteiger partial charge in [0.15, 0.2) is 9.84 Å². The SMILES string of the molecule is Cc1ccc(S(=O)(=O)CC(C)NC(=O)C(C)C(=O)O)cc1. The maximum Gasteiger partial charge on any atom is 0.315 e. The lowest BCUT2D eigenvalue weighted by Crippen LogP contribution is -2.42. The van der Waals surface area contributed by atoms with Gasteiger partial charge in [-0.25, -0.2) is 8.42 Å². The lowest BCUT2D eigenvalue weighted by molar-refractivity contribution is -0.146. The van der Waals surface area contributed by atoms with Gasteiger partial charge in [0.25, 0.3) is 0 Å². The molecule has 1 aromatic carbocycles. The molecule has 0 heterocycles. The van der Waals surface area contributed by atoms with E-state index in [-0.39, 0.29) is 10.6 Å². The summed E-state index contributed by atoms with van der Waals surface area (Å²) in [7, 11) is -3.53. The highest BCUT2D eigenvalue weighted by molar-refractivity contribution is 7.91. The van der Waals surface area contributed by atoms with E-state index in [2.05, 4.69) is 5.32 Å². The summed E-state index contributed by atoms with van der Waals surface area (Å²) in [6.07, 6.45) is 0. The van der Waals surface area contributed by atoms with Crippen molar-refractivity contribution in [1.29, 1.82) is 0 Å². The quantitative estimate of drug-likeness (QED) is 0.763. The second kappa shape index (κ2) is 6.71. The molecule has 0 aromatic heterocycles. The van der Waals surface area contributed by atoms with E-state index >= 15 is 0 Å².